The summed E-state index contributed by atoms with van der Waals surface area (Å²) in [5.41, 5.74) is 0. The van der Waals surface area contributed by atoms with E-state index in [4.69, 9.17) is 0 Å². The highest BCUT2D eigenvalue weighted by Gasteiger charge is 2.59. The van der Waals surface area contributed by atoms with Gasteiger partial charge in [0.05, 0.1) is 0 Å². The standard InChI is InChI=1S/C10H11F6N3OS/c1-3-17-5-4-6(19-8(18-5)21-2)20-7(9(11,12)13)10(14,15)16/h4,7H,3H2,1-2H3,(H,17,18,19). The van der Waals surface area contributed by atoms with Crippen LogP contribution in [0, 0.1) is 0 Å². The maximum Gasteiger partial charge on any atom is 0.434 e. The Balaban J connectivity index is 3.11. The minimum Gasteiger partial charge on any atom is -0.455 e. The van der Waals surface area contributed by atoms with E-state index in [1.165, 1.54) is 6.26 Å². The molecule has 0 aliphatic carbocycles. The maximum atomic E-state index is 12.4. The van der Waals surface area contributed by atoms with Gasteiger partial charge in [-0.2, -0.15) is 31.3 Å². The number of ether oxygens (including phenoxy) is 1. The van der Waals surface area contributed by atoms with Crippen molar-refractivity contribution in [3.05, 3.63) is 6.07 Å². The van der Waals surface area contributed by atoms with Crippen molar-refractivity contribution in [1.82, 2.24) is 9.97 Å². The van der Waals surface area contributed by atoms with E-state index >= 15 is 0 Å². The molecular weight excluding hydrogens is 324 g/mol. The molecule has 1 heterocycles. The normalized spacial score (nSPS) is 12.6. The van der Waals surface area contributed by atoms with Gasteiger partial charge >= 0.3 is 12.4 Å². The fraction of sp³-hybridized carbons (Fsp3) is 0.600. The predicted molar refractivity (Wildman–Crippen MR) is 64.5 cm³/mol. The molecule has 0 saturated heterocycles. The first-order valence-corrected chi connectivity index (χ1v) is 6.77. The van der Waals surface area contributed by atoms with Gasteiger partial charge in [-0.3, -0.25) is 0 Å². The van der Waals surface area contributed by atoms with Crippen LogP contribution in [0.15, 0.2) is 11.2 Å². The topological polar surface area (TPSA) is 47.0 Å². The van der Waals surface area contributed by atoms with Gasteiger partial charge in [-0.05, 0) is 13.2 Å². The van der Waals surface area contributed by atoms with Gasteiger partial charge < -0.3 is 10.1 Å². The number of hydrogen-bond acceptors (Lipinski definition) is 5. The van der Waals surface area contributed by atoms with Crippen molar-refractivity contribution in [2.75, 3.05) is 18.1 Å². The lowest BCUT2D eigenvalue weighted by atomic mass is 10.3. The van der Waals surface area contributed by atoms with Crippen molar-refractivity contribution in [3.63, 3.8) is 0 Å². The molecule has 0 aliphatic heterocycles. The van der Waals surface area contributed by atoms with Crippen LogP contribution in [0.1, 0.15) is 6.92 Å². The second-order valence-corrected chi connectivity index (χ2v) is 4.46. The number of aromatic nitrogens is 2. The van der Waals surface area contributed by atoms with Crippen molar-refractivity contribution in [1.29, 1.82) is 0 Å². The highest BCUT2D eigenvalue weighted by Crippen LogP contribution is 2.36. The third-order valence-corrected chi connectivity index (χ3v) is 2.60. The quantitative estimate of drug-likeness (QED) is 0.507. The summed E-state index contributed by atoms with van der Waals surface area (Å²) in [4.78, 5) is 7.36. The highest BCUT2D eigenvalue weighted by molar-refractivity contribution is 7.98. The number of hydrogen-bond donors (Lipinski definition) is 1. The van der Waals surface area contributed by atoms with Crippen LogP contribution in [0.25, 0.3) is 0 Å². The van der Waals surface area contributed by atoms with Gasteiger partial charge in [0.25, 0.3) is 6.10 Å². The molecule has 4 nitrogen and oxygen atoms in total. The first-order chi connectivity index (χ1) is 9.57. The van der Waals surface area contributed by atoms with Crippen LogP contribution in [0.5, 0.6) is 5.88 Å². The zero-order valence-corrected chi connectivity index (χ0v) is 11.7. The SMILES string of the molecule is CCNc1cc(OC(C(F)(F)F)C(F)(F)F)nc(SC)n1. The molecule has 0 radical (unpaired) electrons. The molecule has 0 amide bonds. The Bertz CT molecular complexity index is 465. The number of anilines is 1. The Kier molecular flexibility index (Phi) is 5.54. The Morgan fingerprint density at radius 1 is 1.19 bits per heavy atom. The lowest BCUT2D eigenvalue weighted by molar-refractivity contribution is -0.300. The molecule has 21 heavy (non-hydrogen) atoms. The van der Waals surface area contributed by atoms with E-state index in [9.17, 15) is 26.3 Å². The predicted octanol–water partition coefficient (Wildman–Crippen LogP) is 3.50. The molecule has 0 fully saturated rings. The average Bonchev–Trinajstić information content (AvgIpc) is 2.33. The second kappa shape index (κ2) is 6.58. The fourth-order valence-corrected chi connectivity index (χ4v) is 1.64. The lowest BCUT2D eigenvalue weighted by Crippen LogP contribution is -2.46. The number of alkyl halides is 6. The summed E-state index contributed by atoms with van der Waals surface area (Å²) in [6.07, 6.45) is -13.6. The molecule has 120 valence electrons. The van der Waals surface area contributed by atoms with Gasteiger partial charge in [-0.25, -0.2) is 4.98 Å². The second-order valence-electron chi connectivity index (χ2n) is 3.69. The molecule has 1 N–H and O–H groups in total. The third kappa shape index (κ3) is 5.14. The first-order valence-electron chi connectivity index (χ1n) is 5.55. The van der Waals surface area contributed by atoms with E-state index in [2.05, 4.69) is 20.0 Å². The monoisotopic (exact) mass is 335 g/mol. The van der Waals surface area contributed by atoms with Crippen LogP contribution in [-0.4, -0.2) is 41.2 Å². The maximum absolute atomic E-state index is 12.4. The van der Waals surface area contributed by atoms with Crippen LogP contribution in [-0.2, 0) is 0 Å². The van der Waals surface area contributed by atoms with E-state index < -0.39 is 24.3 Å². The van der Waals surface area contributed by atoms with Crippen molar-refractivity contribution in [2.24, 2.45) is 0 Å². The molecule has 0 aromatic carbocycles. The zero-order valence-electron chi connectivity index (χ0n) is 10.8. The Morgan fingerprint density at radius 3 is 2.19 bits per heavy atom. The van der Waals surface area contributed by atoms with E-state index in [-0.39, 0.29) is 11.0 Å². The minimum atomic E-state index is -5.60. The molecule has 0 bridgehead atoms. The smallest absolute Gasteiger partial charge is 0.434 e. The van der Waals surface area contributed by atoms with Gasteiger partial charge in [0.15, 0.2) is 5.16 Å². The van der Waals surface area contributed by atoms with Crippen molar-refractivity contribution < 1.29 is 31.1 Å². The molecule has 0 spiro atoms. The van der Waals surface area contributed by atoms with E-state index in [0.29, 0.717) is 6.54 Å². The molecule has 1 aromatic heterocycles. The first kappa shape index (κ1) is 17.7. The van der Waals surface area contributed by atoms with Crippen molar-refractivity contribution in [3.8, 4) is 5.88 Å². The average molecular weight is 335 g/mol. The van der Waals surface area contributed by atoms with Gasteiger partial charge in [0.1, 0.15) is 5.82 Å². The zero-order chi connectivity index (χ0) is 16.3. The van der Waals surface area contributed by atoms with Crippen LogP contribution >= 0.6 is 11.8 Å². The largest absolute Gasteiger partial charge is 0.455 e. The molecule has 0 atom stereocenters. The summed E-state index contributed by atoms with van der Waals surface area (Å²) in [7, 11) is 0. The summed E-state index contributed by atoms with van der Waals surface area (Å²) in [6.45, 7) is 2.07. The molecule has 0 aliphatic rings. The van der Waals surface area contributed by atoms with E-state index in [1.807, 2.05) is 0 Å². The molecule has 1 rings (SSSR count). The highest BCUT2D eigenvalue weighted by atomic mass is 32.2. The summed E-state index contributed by atoms with van der Waals surface area (Å²) in [6, 6.07) is 0.883. The van der Waals surface area contributed by atoms with E-state index in [1.54, 1.807) is 6.92 Å². The van der Waals surface area contributed by atoms with Crippen molar-refractivity contribution in [2.45, 2.75) is 30.5 Å². The third-order valence-electron chi connectivity index (χ3n) is 2.06. The van der Waals surface area contributed by atoms with Gasteiger partial charge in [-0.15, -0.1) is 0 Å². The number of nitrogens with zero attached hydrogens (tertiary/aromatic N) is 2. The Morgan fingerprint density at radius 2 is 1.76 bits per heavy atom. The summed E-state index contributed by atoms with van der Waals surface area (Å²) < 4.78 is 78.6. The number of thioether (sulfide) groups is 1. The Hall–Kier alpha value is -1.39. The van der Waals surface area contributed by atoms with Gasteiger partial charge in [0.2, 0.25) is 5.88 Å². The Labute approximate surface area is 120 Å². The number of nitrogens with one attached hydrogen (secondary N) is 1. The fourth-order valence-electron chi connectivity index (χ4n) is 1.27. The van der Waals surface area contributed by atoms with Crippen LogP contribution < -0.4 is 10.1 Å². The van der Waals surface area contributed by atoms with Gasteiger partial charge in [0, 0.05) is 12.6 Å². The summed E-state index contributed by atoms with van der Waals surface area (Å²) >= 11 is 0.960. The molecule has 0 saturated carbocycles. The molecule has 11 heteroatoms. The molecular formula is C10H11F6N3OS. The van der Waals surface area contributed by atoms with Crippen LogP contribution in [0.4, 0.5) is 32.2 Å². The number of halogens is 6. The van der Waals surface area contributed by atoms with Crippen LogP contribution in [0.2, 0.25) is 0 Å². The van der Waals surface area contributed by atoms with Gasteiger partial charge in [-0.1, -0.05) is 11.8 Å². The van der Waals surface area contributed by atoms with E-state index in [0.717, 1.165) is 17.8 Å². The summed E-state index contributed by atoms with van der Waals surface area (Å²) in [5, 5.41) is 2.66. The summed E-state index contributed by atoms with van der Waals surface area (Å²) in [5.74, 6) is -0.722. The van der Waals surface area contributed by atoms with Crippen molar-refractivity contribution >= 4 is 17.6 Å². The van der Waals surface area contributed by atoms with Crippen LogP contribution in [0.3, 0.4) is 0 Å². The minimum absolute atomic E-state index is 0.00783. The lowest BCUT2D eigenvalue weighted by Gasteiger charge is -2.23. The molecule has 1 aromatic rings. The molecule has 0 unspecified atom stereocenters. The number of rotatable bonds is 5.